The SMILES string of the molecule is CCS(=O)(=O)CCOc1ccc(S(=O)(=O)NCC(C)NC)cc1.Cl. The molecule has 7 nitrogen and oxygen atoms in total. The van der Waals surface area contributed by atoms with Crippen LogP contribution < -0.4 is 14.8 Å². The van der Waals surface area contributed by atoms with Crippen LogP contribution in [-0.2, 0) is 19.9 Å². The molecular formula is C14H25ClN2O5S2. The Morgan fingerprint density at radius 2 is 1.71 bits per heavy atom. The van der Waals surface area contributed by atoms with Gasteiger partial charge in [-0.25, -0.2) is 21.6 Å². The normalized spacial score (nSPS) is 13.1. The molecule has 0 amide bonds. The lowest BCUT2D eigenvalue weighted by Crippen LogP contribution is -2.37. The number of nitrogens with one attached hydrogen (secondary N) is 2. The Kier molecular flexibility index (Phi) is 9.83. The van der Waals surface area contributed by atoms with Gasteiger partial charge >= 0.3 is 0 Å². The second-order valence-electron chi connectivity index (χ2n) is 5.10. The number of ether oxygens (including phenoxy) is 1. The number of likely N-dealkylation sites (N-methyl/N-ethyl adjacent to an activating group) is 1. The average Bonchev–Trinajstić information content (AvgIpc) is 2.53. The maximum Gasteiger partial charge on any atom is 0.240 e. The van der Waals surface area contributed by atoms with Gasteiger partial charge in [-0.3, -0.25) is 0 Å². The van der Waals surface area contributed by atoms with Gasteiger partial charge in [0, 0.05) is 18.3 Å². The summed E-state index contributed by atoms with van der Waals surface area (Å²) in [5.74, 6) is 0.441. The zero-order valence-corrected chi connectivity index (χ0v) is 16.4. The first-order chi connectivity index (χ1) is 10.7. The Balaban J connectivity index is 0.00000529. The molecule has 1 aromatic carbocycles. The van der Waals surface area contributed by atoms with Gasteiger partial charge in [0.15, 0.2) is 9.84 Å². The number of rotatable bonds is 10. The molecule has 0 bridgehead atoms. The van der Waals surface area contributed by atoms with E-state index in [9.17, 15) is 16.8 Å². The van der Waals surface area contributed by atoms with Crippen LogP contribution in [0.2, 0.25) is 0 Å². The Labute approximate surface area is 150 Å². The summed E-state index contributed by atoms with van der Waals surface area (Å²) in [7, 11) is -4.89. The molecule has 1 atom stereocenters. The summed E-state index contributed by atoms with van der Waals surface area (Å²) in [6.45, 7) is 3.77. The summed E-state index contributed by atoms with van der Waals surface area (Å²) in [5, 5.41) is 2.94. The first kappa shape index (κ1) is 23.1. The van der Waals surface area contributed by atoms with Crippen molar-refractivity contribution in [2.75, 3.05) is 31.7 Å². The van der Waals surface area contributed by atoms with Crippen LogP contribution in [0.5, 0.6) is 5.75 Å². The molecule has 10 heteroatoms. The number of hydrogen-bond acceptors (Lipinski definition) is 6. The first-order valence-corrected chi connectivity index (χ1v) is 10.6. The Morgan fingerprint density at radius 1 is 1.12 bits per heavy atom. The number of sulfone groups is 1. The fourth-order valence-corrected chi connectivity index (χ4v) is 3.32. The summed E-state index contributed by atoms with van der Waals surface area (Å²) in [6, 6.07) is 5.89. The summed E-state index contributed by atoms with van der Waals surface area (Å²) in [4.78, 5) is 0.134. The molecule has 140 valence electrons. The molecule has 0 heterocycles. The highest BCUT2D eigenvalue weighted by molar-refractivity contribution is 7.91. The van der Waals surface area contributed by atoms with Crippen molar-refractivity contribution in [3.8, 4) is 5.75 Å². The van der Waals surface area contributed by atoms with Gasteiger partial charge in [0.1, 0.15) is 12.4 Å². The van der Waals surface area contributed by atoms with E-state index in [1.807, 2.05) is 6.92 Å². The number of hydrogen-bond donors (Lipinski definition) is 2. The quantitative estimate of drug-likeness (QED) is 0.602. The van der Waals surface area contributed by atoms with Crippen LogP contribution in [0.1, 0.15) is 13.8 Å². The van der Waals surface area contributed by atoms with E-state index in [2.05, 4.69) is 10.0 Å². The monoisotopic (exact) mass is 400 g/mol. The number of sulfonamides is 1. The minimum absolute atomic E-state index is 0. The van der Waals surface area contributed by atoms with Gasteiger partial charge in [-0.2, -0.15) is 0 Å². The maximum atomic E-state index is 12.1. The van der Waals surface area contributed by atoms with Crippen molar-refractivity contribution in [3.63, 3.8) is 0 Å². The summed E-state index contributed by atoms with van der Waals surface area (Å²) < 4.78 is 54.7. The summed E-state index contributed by atoms with van der Waals surface area (Å²) in [6.07, 6.45) is 0. The lowest BCUT2D eigenvalue weighted by atomic mass is 10.3. The zero-order chi connectivity index (χ0) is 17.5. The fraction of sp³-hybridized carbons (Fsp3) is 0.571. The van der Waals surface area contributed by atoms with Gasteiger partial charge in [0.2, 0.25) is 10.0 Å². The van der Waals surface area contributed by atoms with Crippen molar-refractivity contribution in [1.29, 1.82) is 0 Å². The van der Waals surface area contributed by atoms with E-state index in [1.54, 1.807) is 14.0 Å². The van der Waals surface area contributed by atoms with Crippen LogP contribution in [-0.4, -0.2) is 54.6 Å². The van der Waals surface area contributed by atoms with E-state index in [1.165, 1.54) is 24.3 Å². The first-order valence-electron chi connectivity index (χ1n) is 7.30. The minimum Gasteiger partial charge on any atom is -0.493 e. The maximum absolute atomic E-state index is 12.1. The molecule has 0 spiro atoms. The standard InChI is InChI=1S/C14H24N2O5S2.ClH/c1-4-22(17,18)10-9-21-13-5-7-14(8-6-13)23(19,20)16-11-12(2)15-3;/h5-8,12,15-16H,4,9-11H2,1-3H3;1H. The van der Waals surface area contributed by atoms with E-state index in [0.717, 1.165) is 0 Å². The average molecular weight is 401 g/mol. The number of benzene rings is 1. The van der Waals surface area contributed by atoms with Crippen molar-refractivity contribution in [1.82, 2.24) is 10.0 Å². The van der Waals surface area contributed by atoms with Crippen molar-refractivity contribution in [2.24, 2.45) is 0 Å². The van der Waals surface area contributed by atoms with Crippen LogP contribution in [0.4, 0.5) is 0 Å². The molecule has 2 N–H and O–H groups in total. The zero-order valence-electron chi connectivity index (χ0n) is 14.0. The predicted octanol–water partition coefficient (Wildman–Crippen LogP) is 0.808. The summed E-state index contributed by atoms with van der Waals surface area (Å²) in [5.41, 5.74) is 0. The molecule has 0 radical (unpaired) electrons. The predicted molar refractivity (Wildman–Crippen MR) is 97.2 cm³/mol. The van der Waals surface area contributed by atoms with Crippen molar-refractivity contribution < 1.29 is 21.6 Å². The van der Waals surface area contributed by atoms with Crippen LogP contribution in [0, 0.1) is 0 Å². The Hall–Kier alpha value is -0.870. The Morgan fingerprint density at radius 3 is 2.21 bits per heavy atom. The molecule has 0 aliphatic heterocycles. The highest BCUT2D eigenvalue weighted by Gasteiger charge is 2.15. The molecule has 0 fully saturated rings. The van der Waals surface area contributed by atoms with Crippen molar-refractivity contribution in [3.05, 3.63) is 24.3 Å². The van der Waals surface area contributed by atoms with Crippen LogP contribution >= 0.6 is 12.4 Å². The van der Waals surface area contributed by atoms with Gasteiger partial charge in [-0.15, -0.1) is 12.4 Å². The van der Waals surface area contributed by atoms with Gasteiger partial charge in [0.05, 0.1) is 10.6 Å². The van der Waals surface area contributed by atoms with E-state index in [-0.39, 0.29) is 48.0 Å². The fourth-order valence-electron chi connectivity index (χ4n) is 1.57. The minimum atomic E-state index is -3.57. The lowest BCUT2D eigenvalue weighted by Gasteiger charge is -2.12. The highest BCUT2D eigenvalue weighted by Crippen LogP contribution is 2.16. The molecule has 0 saturated heterocycles. The second-order valence-corrected chi connectivity index (χ2v) is 9.34. The van der Waals surface area contributed by atoms with Crippen molar-refractivity contribution >= 4 is 32.3 Å². The molecule has 1 aromatic rings. The van der Waals surface area contributed by atoms with Gasteiger partial charge < -0.3 is 10.1 Å². The number of halogens is 1. The van der Waals surface area contributed by atoms with Gasteiger partial charge in [-0.05, 0) is 38.2 Å². The molecule has 0 saturated carbocycles. The summed E-state index contributed by atoms with van der Waals surface area (Å²) >= 11 is 0. The van der Waals surface area contributed by atoms with Crippen LogP contribution in [0.15, 0.2) is 29.2 Å². The molecule has 0 aliphatic rings. The van der Waals surface area contributed by atoms with Gasteiger partial charge in [-0.1, -0.05) is 6.92 Å². The molecule has 1 rings (SSSR count). The molecule has 0 aliphatic carbocycles. The van der Waals surface area contributed by atoms with E-state index in [0.29, 0.717) is 5.75 Å². The highest BCUT2D eigenvalue weighted by atomic mass is 35.5. The molecule has 1 unspecified atom stereocenters. The molecule has 24 heavy (non-hydrogen) atoms. The van der Waals surface area contributed by atoms with Crippen LogP contribution in [0.3, 0.4) is 0 Å². The lowest BCUT2D eigenvalue weighted by molar-refractivity contribution is 0.340. The van der Waals surface area contributed by atoms with E-state index in [4.69, 9.17) is 4.74 Å². The third kappa shape index (κ3) is 7.80. The van der Waals surface area contributed by atoms with E-state index < -0.39 is 19.9 Å². The third-order valence-electron chi connectivity index (χ3n) is 3.31. The molecular weight excluding hydrogens is 376 g/mol. The smallest absolute Gasteiger partial charge is 0.240 e. The second kappa shape index (κ2) is 10.2. The van der Waals surface area contributed by atoms with Gasteiger partial charge in [0.25, 0.3) is 0 Å². The molecule has 0 aromatic heterocycles. The Bertz CT molecular complexity index is 690. The van der Waals surface area contributed by atoms with E-state index >= 15 is 0 Å². The van der Waals surface area contributed by atoms with Crippen molar-refractivity contribution in [2.45, 2.75) is 24.8 Å². The largest absolute Gasteiger partial charge is 0.493 e. The third-order valence-corrected chi connectivity index (χ3v) is 6.42. The topological polar surface area (TPSA) is 102 Å². The van der Waals surface area contributed by atoms with Crippen LogP contribution in [0.25, 0.3) is 0 Å².